The van der Waals surface area contributed by atoms with Crippen LogP contribution in [-0.4, -0.2) is 28.8 Å². The predicted octanol–water partition coefficient (Wildman–Crippen LogP) is 5.75. The standard InChI is InChI=1S/C35H22BN6.Pd/c1-40-22-41(35-34(40)38-18-19-39-35)24-14-16-26-28-9-3-5-12-33(28)42-32-11-4-2-8-27(32)25-15-13-23(31-10-6-7-17-37-31)20-29(25)36(42)30(26)21-24;/h2-19,22H,1H3;/q-3;. The Kier molecular flexibility index (Phi) is 5.97. The zero-order chi connectivity index (χ0) is 27.8. The molecule has 0 radical (unpaired) electrons. The fourth-order valence-electron chi connectivity index (χ4n) is 6.56. The molecule has 9 rings (SSSR count). The number of para-hydroxylation sites is 2. The molecule has 208 valence electrons. The maximum absolute atomic E-state index is 4.65. The summed E-state index contributed by atoms with van der Waals surface area (Å²) in [7, 11) is 1.99. The predicted molar refractivity (Wildman–Crippen MR) is 169 cm³/mol. The van der Waals surface area contributed by atoms with Crippen molar-refractivity contribution in [2.45, 2.75) is 0 Å². The van der Waals surface area contributed by atoms with Crippen molar-refractivity contribution in [1.82, 2.24) is 15.0 Å². The Labute approximate surface area is 264 Å². The third kappa shape index (κ3) is 3.80. The van der Waals surface area contributed by atoms with Gasteiger partial charge in [0.1, 0.15) is 11.6 Å². The van der Waals surface area contributed by atoms with E-state index in [1.165, 1.54) is 33.6 Å². The second kappa shape index (κ2) is 9.91. The number of pyridine rings is 1. The van der Waals surface area contributed by atoms with Crippen molar-refractivity contribution in [2.24, 2.45) is 0 Å². The van der Waals surface area contributed by atoms with E-state index in [0.717, 1.165) is 39.5 Å². The van der Waals surface area contributed by atoms with Crippen molar-refractivity contribution in [3.8, 4) is 33.5 Å². The van der Waals surface area contributed by atoms with Crippen LogP contribution in [0.1, 0.15) is 0 Å². The number of hydrogen-bond donors (Lipinski definition) is 0. The van der Waals surface area contributed by atoms with Gasteiger partial charge in [0.2, 0.25) is 0 Å². The monoisotopic (exact) mass is 643 g/mol. The molecule has 43 heavy (non-hydrogen) atoms. The number of fused-ring (bicyclic) bond motifs is 12. The van der Waals surface area contributed by atoms with Crippen LogP contribution in [0.4, 0.5) is 28.7 Å². The van der Waals surface area contributed by atoms with Crippen molar-refractivity contribution in [3.63, 3.8) is 0 Å². The molecule has 0 saturated carbocycles. The Morgan fingerprint density at radius 1 is 0.628 bits per heavy atom. The van der Waals surface area contributed by atoms with Gasteiger partial charge in [-0.2, -0.15) is 17.6 Å². The van der Waals surface area contributed by atoms with Crippen LogP contribution in [0.2, 0.25) is 0 Å². The van der Waals surface area contributed by atoms with Crippen LogP contribution in [0.5, 0.6) is 0 Å². The summed E-state index contributed by atoms with van der Waals surface area (Å²) in [5.41, 5.74) is 12.1. The molecule has 3 aliphatic rings. The molecule has 3 aliphatic heterocycles. The maximum Gasteiger partial charge on any atom is 0.285 e. The summed E-state index contributed by atoms with van der Waals surface area (Å²) in [5.74, 6) is 1.61. The SMILES string of the molecule is CN1[CH-]N(c2[c-]c3c(cc2)-c2ccccc2N2B3c3[c-]c(-c4ccccn4)ccc3-c3ccccc32)c2nccnc21.[Pd]. The Morgan fingerprint density at radius 2 is 1.28 bits per heavy atom. The molecule has 8 heteroatoms. The van der Waals surface area contributed by atoms with Gasteiger partial charge in [-0.15, -0.1) is 58.8 Å². The minimum Gasteiger partial charge on any atom is -0.487 e. The molecule has 0 bridgehead atoms. The second-order valence-electron chi connectivity index (χ2n) is 10.7. The Hall–Kier alpha value is -4.76. The summed E-state index contributed by atoms with van der Waals surface area (Å²) in [6.45, 7) is 1.89. The summed E-state index contributed by atoms with van der Waals surface area (Å²) in [6, 6.07) is 39.7. The van der Waals surface area contributed by atoms with E-state index in [2.05, 4.69) is 110 Å². The molecule has 0 aliphatic carbocycles. The Balaban J connectivity index is 0.00000278. The van der Waals surface area contributed by atoms with E-state index in [9.17, 15) is 0 Å². The summed E-state index contributed by atoms with van der Waals surface area (Å²) in [6.07, 6.45) is 5.29. The van der Waals surface area contributed by atoms with Crippen molar-refractivity contribution in [1.29, 1.82) is 0 Å². The van der Waals surface area contributed by atoms with E-state index in [1.54, 1.807) is 12.4 Å². The number of rotatable bonds is 2. The topological polar surface area (TPSA) is 48.4 Å². The van der Waals surface area contributed by atoms with E-state index in [1.807, 2.05) is 43.0 Å². The van der Waals surface area contributed by atoms with E-state index in [0.29, 0.717) is 0 Å². The number of anilines is 5. The quantitative estimate of drug-likeness (QED) is 0.177. The fraction of sp³-hybridized carbons (Fsp3) is 0.0286. The van der Waals surface area contributed by atoms with Crippen molar-refractivity contribution >= 4 is 46.5 Å². The minimum absolute atomic E-state index is 0. The molecule has 0 N–H and O–H groups in total. The maximum atomic E-state index is 4.65. The first-order chi connectivity index (χ1) is 20.8. The van der Waals surface area contributed by atoms with Crippen LogP contribution < -0.4 is 25.5 Å². The fourth-order valence-corrected chi connectivity index (χ4v) is 6.56. The first-order valence-electron chi connectivity index (χ1n) is 14.0. The van der Waals surface area contributed by atoms with Crippen LogP contribution >= 0.6 is 0 Å². The zero-order valence-electron chi connectivity index (χ0n) is 23.0. The molecule has 0 atom stereocenters. The van der Waals surface area contributed by atoms with Gasteiger partial charge in [0.15, 0.2) is 0 Å². The molecule has 0 fully saturated rings. The molecular formula is C35H22BN6Pd-3. The van der Waals surface area contributed by atoms with Crippen LogP contribution in [0.3, 0.4) is 0 Å². The van der Waals surface area contributed by atoms with Gasteiger partial charge >= 0.3 is 0 Å². The molecule has 5 heterocycles. The molecular weight excluding hydrogens is 622 g/mol. The van der Waals surface area contributed by atoms with Gasteiger partial charge in [0.05, 0.1) is 0 Å². The molecule has 6 aromatic rings. The van der Waals surface area contributed by atoms with Gasteiger partial charge in [-0.3, -0.25) is 0 Å². The van der Waals surface area contributed by atoms with Crippen LogP contribution in [-0.2, 0) is 20.4 Å². The van der Waals surface area contributed by atoms with Gasteiger partial charge in [-0.1, -0.05) is 54.1 Å². The minimum atomic E-state index is -0.134. The van der Waals surface area contributed by atoms with Crippen molar-refractivity contribution in [2.75, 3.05) is 21.7 Å². The first-order valence-corrected chi connectivity index (χ1v) is 14.0. The molecule has 0 unspecified atom stereocenters. The zero-order valence-corrected chi connectivity index (χ0v) is 24.6. The number of hydrogen-bond acceptors (Lipinski definition) is 6. The number of aromatic nitrogens is 3. The van der Waals surface area contributed by atoms with Crippen molar-refractivity contribution < 1.29 is 20.4 Å². The summed E-state index contributed by atoms with van der Waals surface area (Å²) in [5, 5.41) is 0. The van der Waals surface area contributed by atoms with Gasteiger partial charge in [0.25, 0.3) is 6.85 Å². The number of benzene rings is 4. The third-order valence-corrected chi connectivity index (χ3v) is 8.36. The summed E-state index contributed by atoms with van der Waals surface area (Å²) in [4.78, 5) is 20.4. The largest absolute Gasteiger partial charge is 0.487 e. The third-order valence-electron chi connectivity index (χ3n) is 8.36. The Morgan fingerprint density at radius 3 is 2.00 bits per heavy atom. The van der Waals surface area contributed by atoms with E-state index in [-0.39, 0.29) is 27.3 Å². The van der Waals surface area contributed by atoms with Crippen molar-refractivity contribution in [3.05, 3.63) is 128 Å². The normalized spacial score (nSPS) is 13.7. The second-order valence-corrected chi connectivity index (χ2v) is 10.7. The van der Waals surface area contributed by atoms with Gasteiger partial charge in [0, 0.05) is 50.4 Å². The molecule has 4 aromatic carbocycles. The smallest absolute Gasteiger partial charge is 0.285 e. The van der Waals surface area contributed by atoms with E-state index < -0.39 is 0 Å². The van der Waals surface area contributed by atoms with Gasteiger partial charge in [-0.25, -0.2) is 9.97 Å². The molecule has 2 aromatic heterocycles. The average Bonchev–Trinajstić information content (AvgIpc) is 3.40. The average molecular weight is 644 g/mol. The first kappa shape index (κ1) is 25.9. The van der Waals surface area contributed by atoms with E-state index in [4.69, 9.17) is 0 Å². The van der Waals surface area contributed by atoms with E-state index >= 15 is 0 Å². The van der Waals surface area contributed by atoms with Gasteiger partial charge in [-0.05, 0) is 36.5 Å². The molecule has 6 nitrogen and oxygen atoms in total. The summed E-state index contributed by atoms with van der Waals surface area (Å²) < 4.78 is 0. The molecule has 0 spiro atoms. The van der Waals surface area contributed by atoms with Crippen LogP contribution in [0, 0.1) is 18.8 Å². The van der Waals surface area contributed by atoms with Crippen LogP contribution in [0.15, 0.2) is 110 Å². The molecule has 0 amide bonds. The summed E-state index contributed by atoms with van der Waals surface area (Å²) >= 11 is 0. The Bertz CT molecular complexity index is 2030. The van der Waals surface area contributed by atoms with Crippen LogP contribution in [0.25, 0.3) is 33.5 Å². The van der Waals surface area contributed by atoms with Gasteiger partial charge < -0.3 is 19.6 Å². The number of nitrogens with zero attached hydrogens (tertiary/aromatic N) is 6. The molecule has 0 saturated heterocycles.